The number of carbonyl (C=O) groups excluding carboxylic acids is 3. The number of thiocarbonyl (C=S) groups is 1. The molecule has 0 unspecified atom stereocenters. The largest absolute Gasteiger partial charge is 0.458 e. The minimum Gasteiger partial charge on any atom is -0.458 e. The van der Waals surface area contributed by atoms with E-state index in [2.05, 4.69) is 5.32 Å². The maximum Gasteiger partial charge on any atom is 0.329 e. The summed E-state index contributed by atoms with van der Waals surface area (Å²) in [6.07, 6.45) is 1.82. The number of hydrogen-bond donors (Lipinski definition) is 1. The predicted octanol–water partition coefficient (Wildman–Crippen LogP) is 5.87. The van der Waals surface area contributed by atoms with Crippen molar-refractivity contribution >= 4 is 63.8 Å². The normalized spacial score (nSPS) is 15.5. The van der Waals surface area contributed by atoms with E-state index in [-0.39, 0.29) is 17.3 Å². The molecule has 0 radical (unpaired) electrons. The number of ether oxygens (including phenoxy) is 1. The number of benzene rings is 2. The number of rotatable bonds is 8. The second-order valence-corrected chi connectivity index (χ2v) is 11.9. The van der Waals surface area contributed by atoms with Crippen LogP contribution in [0.2, 0.25) is 5.02 Å². The van der Waals surface area contributed by atoms with Gasteiger partial charge in [-0.2, -0.15) is 0 Å². The van der Waals surface area contributed by atoms with Crippen LogP contribution in [-0.2, 0) is 25.5 Å². The van der Waals surface area contributed by atoms with Crippen molar-refractivity contribution in [2.24, 2.45) is 0 Å². The summed E-state index contributed by atoms with van der Waals surface area (Å²) in [5.74, 6) is -0.501. The van der Waals surface area contributed by atoms with Gasteiger partial charge >= 0.3 is 5.97 Å². The van der Waals surface area contributed by atoms with Crippen LogP contribution in [0.3, 0.4) is 0 Å². The maximum atomic E-state index is 13.1. The van der Waals surface area contributed by atoms with E-state index in [4.69, 9.17) is 33.0 Å². The van der Waals surface area contributed by atoms with Gasteiger partial charge in [0, 0.05) is 18.1 Å². The molecular formula is C29H27ClN2O5S2. The van der Waals surface area contributed by atoms with Crippen LogP contribution in [0.25, 0.3) is 17.4 Å². The first-order valence-electron chi connectivity index (χ1n) is 12.2. The van der Waals surface area contributed by atoms with Gasteiger partial charge in [0.25, 0.3) is 5.91 Å². The summed E-state index contributed by atoms with van der Waals surface area (Å²) in [5, 5.41) is 3.27. The van der Waals surface area contributed by atoms with Gasteiger partial charge < -0.3 is 14.5 Å². The Kier molecular flexibility index (Phi) is 8.94. The Balaban J connectivity index is 1.44. The fourth-order valence-electron chi connectivity index (χ4n) is 3.80. The highest BCUT2D eigenvalue weighted by molar-refractivity contribution is 8.26. The first-order valence-corrected chi connectivity index (χ1v) is 13.8. The Morgan fingerprint density at radius 2 is 1.79 bits per heavy atom. The summed E-state index contributed by atoms with van der Waals surface area (Å²) in [5.41, 5.74) is 0.867. The molecule has 4 rings (SSSR count). The zero-order valence-corrected chi connectivity index (χ0v) is 24.0. The Morgan fingerprint density at radius 1 is 1.10 bits per heavy atom. The molecule has 2 amide bonds. The summed E-state index contributed by atoms with van der Waals surface area (Å²) in [6.45, 7) is 4.94. The number of halogens is 1. The van der Waals surface area contributed by atoms with Crippen LogP contribution in [-0.4, -0.2) is 45.2 Å². The van der Waals surface area contributed by atoms with Gasteiger partial charge in [0.1, 0.15) is 34.0 Å². The van der Waals surface area contributed by atoms with Crippen molar-refractivity contribution in [2.75, 3.05) is 6.54 Å². The van der Waals surface area contributed by atoms with Gasteiger partial charge in [0.15, 0.2) is 0 Å². The van der Waals surface area contributed by atoms with Gasteiger partial charge in [0.2, 0.25) is 5.91 Å². The van der Waals surface area contributed by atoms with Gasteiger partial charge in [0.05, 0.1) is 9.93 Å². The smallest absolute Gasteiger partial charge is 0.329 e. The lowest BCUT2D eigenvalue weighted by Crippen LogP contribution is -2.49. The minimum atomic E-state index is -0.931. The Hall–Kier alpha value is -3.40. The topological polar surface area (TPSA) is 88.9 Å². The third-order valence-electron chi connectivity index (χ3n) is 5.52. The number of esters is 1. The zero-order valence-electron chi connectivity index (χ0n) is 21.6. The molecule has 202 valence electrons. The van der Waals surface area contributed by atoms with E-state index < -0.39 is 29.4 Å². The lowest BCUT2D eigenvalue weighted by Gasteiger charge is -2.25. The molecule has 0 saturated carbocycles. The van der Waals surface area contributed by atoms with Crippen molar-refractivity contribution in [3.8, 4) is 11.3 Å². The molecule has 1 N–H and O–H groups in total. The summed E-state index contributed by atoms with van der Waals surface area (Å²) >= 11 is 12.7. The number of carbonyl (C=O) groups is 3. The quantitative estimate of drug-likeness (QED) is 0.202. The van der Waals surface area contributed by atoms with E-state index in [9.17, 15) is 14.4 Å². The third kappa shape index (κ3) is 7.59. The number of hydrogen-bond acceptors (Lipinski definition) is 7. The Bertz CT molecular complexity index is 1430. The molecule has 10 heteroatoms. The molecule has 1 aliphatic heterocycles. The van der Waals surface area contributed by atoms with Crippen LogP contribution in [0.5, 0.6) is 0 Å². The average molecular weight is 583 g/mol. The van der Waals surface area contributed by atoms with Crippen molar-refractivity contribution in [3.63, 3.8) is 0 Å². The van der Waals surface area contributed by atoms with Gasteiger partial charge in [-0.3, -0.25) is 14.5 Å². The van der Waals surface area contributed by atoms with Crippen molar-refractivity contribution < 1.29 is 23.5 Å². The van der Waals surface area contributed by atoms with Crippen LogP contribution in [0.4, 0.5) is 0 Å². The molecule has 7 nitrogen and oxygen atoms in total. The number of nitrogens with zero attached hydrogens (tertiary/aromatic N) is 1. The van der Waals surface area contributed by atoms with Crippen molar-refractivity contribution in [3.05, 3.63) is 88.0 Å². The average Bonchev–Trinajstić information content (AvgIpc) is 3.43. The lowest BCUT2D eigenvalue weighted by molar-refractivity contribution is -0.158. The molecule has 1 saturated heterocycles. The van der Waals surface area contributed by atoms with Gasteiger partial charge in [-0.05, 0) is 50.6 Å². The van der Waals surface area contributed by atoms with Gasteiger partial charge in [-0.15, -0.1) is 0 Å². The molecule has 1 atom stereocenters. The number of amides is 2. The van der Waals surface area contributed by atoms with Crippen LogP contribution >= 0.6 is 35.6 Å². The summed E-state index contributed by atoms with van der Waals surface area (Å²) in [6, 6.07) is 19.2. The van der Waals surface area contributed by atoms with Crippen molar-refractivity contribution in [2.45, 2.75) is 38.8 Å². The fourth-order valence-corrected chi connectivity index (χ4v) is 5.27. The van der Waals surface area contributed by atoms with E-state index in [1.165, 1.54) is 4.90 Å². The van der Waals surface area contributed by atoms with E-state index >= 15 is 0 Å². The van der Waals surface area contributed by atoms with E-state index in [1.54, 1.807) is 45.0 Å². The predicted molar refractivity (Wildman–Crippen MR) is 157 cm³/mol. The molecule has 0 aliphatic carbocycles. The summed E-state index contributed by atoms with van der Waals surface area (Å²) < 4.78 is 11.6. The maximum absolute atomic E-state index is 13.1. The molecule has 2 heterocycles. The molecule has 0 bridgehead atoms. The first-order chi connectivity index (χ1) is 18.5. The highest BCUT2D eigenvalue weighted by atomic mass is 35.5. The number of nitrogens with one attached hydrogen (secondary N) is 1. The van der Waals surface area contributed by atoms with E-state index in [0.29, 0.717) is 21.4 Å². The van der Waals surface area contributed by atoms with Crippen LogP contribution in [0, 0.1) is 0 Å². The van der Waals surface area contributed by atoms with Gasteiger partial charge in [-0.1, -0.05) is 78.0 Å². The molecule has 2 aromatic carbocycles. The molecule has 1 aliphatic rings. The summed E-state index contributed by atoms with van der Waals surface area (Å²) in [7, 11) is 0. The van der Waals surface area contributed by atoms with Crippen LogP contribution in [0.1, 0.15) is 32.1 Å². The minimum absolute atomic E-state index is 0.233. The molecule has 1 aromatic heterocycles. The Labute approximate surface area is 241 Å². The van der Waals surface area contributed by atoms with Crippen LogP contribution in [0.15, 0.2) is 76.1 Å². The van der Waals surface area contributed by atoms with E-state index in [1.807, 2.05) is 48.5 Å². The van der Waals surface area contributed by atoms with Crippen molar-refractivity contribution in [1.29, 1.82) is 0 Å². The molecule has 39 heavy (non-hydrogen) atoms. The Morgan fingerprint density at radius 3 is 2.49 bits per heavy atom. The number of furan rings is 1. The SMILES string of the molecule is CC(C)(C)OC(=O)[C@H](Cc1ccccc1)NC(=O)CN1C(=O)/C(=C/c2ccc(-c3ccccc3Cl)o2)SC1=S. The standard InChI is InChI=1S/C29H27ClN2O5S2/c1-29(2,3)37-27(35)22(15-18-9-5-4-6-10-18)31-25(33)17-32-26(34)24(39-28(32)38)16-19-13-14-23(36-19)20-11-7-8-12-21(20)30/h4-14,16,22H,15,17H2,1-3H3,(H,31,33)/b24-16-/t22-/m0/s1. The van der Waals surface area contributed by atoms with Crippen LogP contribution < -0.4 is 5.32 Å². The third-order valence-corrected chi connectivity index (χ3v) is 7.23. The highest BCUT2D eigenvalue weighted by Gasteiger charge is 2.35. The highest BCUT2D eigenvalue weighted by Crippen LogP contribution is 2.34. The van der Waals surface area contributed by atoms with E-state index in [0.717, 1.165) is 22.9 Å². The molecule has 3 aromatic rings. The monoisotopic (exact) mass is 582 g/mol. The lowest BCUT2D eigenvalue weighted by atomic mass is 10.1. The van der Waals surface area contributed by atoms with Crippen molar-refractivity contribution in [1.82, 2.24) is 10.2 Å². The zero-order chi connectivity index (χ0) is 28.2. The molecular weight excluding hydrogens is 556 g/mol. The molecule has 0 spiro atoms. The molecule has 1 fully saturated rings. The second kappa shape index (κ2) is 12.2. The fraction of sp³-hybridized carbons (Fsp3) is 0.241. The number of thioether (sulfide) groups is 1. The summed E-state index contributed by atoms with van der Waals surface area (Å²) in [4.78, 5) is 40.5. The van der Waals surface area contributed by atoms with Gasteiger partial charge in [-0.25, -0.2) is 4.79 Å². The first kappa shape index (κ1) is 28.6. The second-order valence-electron chi connectivity index (χ2n) is 9.79.